The molecule has 0 aliphatic heterocycles. The zero-order valence-corrected chi connectivity index (χ0v) is 10.4. The Labute approximate surface area is 102 Å². The highest BCUT2D eigenvalue weighted by atomic mass is 32.2. The van der Waals surface area contributed by atoms with Crippen LogP contribution in [0, 0.1) is 6.92 Å². The fourth-order valence-electron chi connectivity index (χ4n) is 1.16. The number of benzene rings is 1. The highest BCUT2D eigenvalue weighted by Gasteiger charge is 2.16. The SMILES string of the molecule is Cc1cc(S(=O)(=O)Nc2nnns2)ccc1N. The number of aryl methyl sites for hydroxylation is 1. The number of hydrogen-bond donors (Lipinski definition) is 2. The molecule has 17 heavy (non-hydrogen) atoms. The van der Waals surface area contributed by atoms with Crippen molar-refractivity contribution in [3.05, 3.63) is 23.8 Å². The van der Waals surface area contributed by atoms with E-state index in [1.807, 2.05) is 0 Å². The number of sulfonamides is 1. The lowest BCUT2D eigenvalue weighted by molar-refractivity contribution is 0.601. The van der Waals surface area contributed by atoms with Gasteiger partial charge in [-0.2, -0.15) is 0 Å². The van der Waals surface area contributed by atoms with Crippen LogP contribution in [0.25, 0.3) is 0 Å². The summed E-state index contributed by atoms with van der Waals surface area (Å²) in [7, 11) is -3.66. The molecule has 0 aliphatic carbocycles. The first-order valence-corrected chi connectivity index (χ1v) is 6.79. The van der Waals surface area contributed by atoms with Crippen molar-refractivity contribution >= 4 is 32.4 Å². The van der Waals surface area contributed by atoms with Crippen molar-refractivity contribution < 1.29 is 8.42 Å². The van der Waals surface area contributed by atoms with E-state index in [0.717, 1.165) is 11.5 Å². The molecule has 0 saturated heterocycles. The largest absolute Gasteiger partial charge is 0.399 e. The molecule has 0 amide bonds. The Morgan fingerprint density at radius 2 is 2.18 bits per heavy atom. The monoisotopic (exact) mass is 271 g/mol. The van der Waals surface area contributed by atoms with Crippen molar-refractivity contribution in [3.8, 4) is 0 Å². The van der Waals surface area contributed by atoms with Crippen molar-refractivity contribution in [2.75, 3.05) is 10.5 Å². The van der Waals surface area contributed by atoms with Gasteiger partial charge in [-0.15, -0.1) is 0 Å². The van der Waals surface area contributed by atoms with E-state index in [2.05, 4.69) is 19.5 Å². The van der Waals surface area contributed by atoms with E-state index in [4.69, 9.17) is 5.73 Å². The molecule has 1 aromatic heterocycles. The molecule has 0 spiro atoms. The zero-order chi connectivity index (χ0) is 12.5. The second-order valence-corrected chi connectivity index (χ2v) is 5.71. The normalized spacial score (nSPS) is 11.4. The Kier molecular flexibility index (Phi) is 2.94. The first kappa shape index (κ1) is 11.7. The van der Waals surface area contributed by atoms with Crippen LogP contribution in [0.2, 0.25) is 0 Å². The van der Waals surface area contributed by atoms with Gasteiger partial charge in [0.25, 0.3) is 10.0 Å². The van der Waals surface area contributed by atoms with Crippen molar-refractivity contribution in [2.24, 2.45) is 0 Å². The van der Waals surface area contributed by atoms with Gasteiger partial charge in [-0.1, -0.05) is 9.59 Å². The minimum Gasteiger partial charge on any atom is -0.399 e. The van der Waals surface area contributed by atoms with Crippen LogP contribution in [-0.4, -0.2) is 23.2 Å². The van der Waals surface area contributed by atoms with Crippen LogP contribution in [0.3, 0.4) is 0 Å². The second-order valence-electron chi connectivity index (χ2n) is 3.29. The maximum Gasteiger partial charge on any atom is 0.263 e. The van der Waals surface area contributed by atoms with Crippen LogP contribution in [0.1, 0.15) is 5.56 Å². The number of nitrogen functional groups attached to an aromatic ring is 1. The summed E-state index contributed by atoms with van der Waals surface area (Å²) in [6.07, 6.45) is 0. The van der Waals surface area contributed by atoms with Gasteiger partial charge in [-0.25, -0.2) is 8.42 Å². The molecule has 0 saturated carbocycles. The molecule has 9 heteroatoms. The van der Waals surface area contributed by atoms with Crippen molar-refractivity contribution in [1.29, 1.82) is 0 Å². The highest BCUT2D eigenvalue weighted by Crippen LogP contribution is 2.19. The standard InChI is InChI=1S/C8H9N5O2S2/c1-5-4-6(2-3-7(5)9)17(14,15)11-8-10-12-13-16-8/h2-4H,9H2,1H3,(H,10,11,13). The molecule has 2 rings (SSSR count). The van der Waals surface area contributed by atoms with Crippen LogP contribution in [0.5, 0.6) is 0 Å². The molecule has 1 aromatic carbocycles. The first-order chi connectivity index (χ1) is 7.99. The zero-order valence-electron chi connectivity index (χ0n) is 8.78. The molecule has 0 radical (unpaired) electrons. The summed E-state index contributed by atoms with van der Waals surface area (Å²) in [4.78, 5) is 0.124. The lowest BCUT2D eigenvalue weighted by Gasteiger charge is -2.06. The van der Waals surface area contributed by atoms with E-state index in [1.54, 1.807) is 13.0 Å². The Bertz CT molecular complexity index is 623. The third kappa shape index (κ3) is 2.50. The molecule has 0 unspecified atom stereocenters. The lowest BCUT2D eigenvalue weighted by Crippen LogP contribution is -2.13. The summed E-state index contributed by atoms with van der Waals surface area (Å²) in [6, 6.07) is 4.47. The van der Waals surface area contributed by atoms with Crippen LogP contribution in [0.4, 0.5) is 10.8 Å². The van der Waals surface area contributed by atoms with Gasteiger partial charge in [-0.3, -0.25) is 4.72 Å². The van der Waals surface area contributed by atoms with Gasteiger partial charge in [0.05, 0.1) is 4.90 Å². The van der Waals surface area contributed by atoms with E-state index in [9.17, 15) is 8.42 Å². The predicted octanol–water partition coefficient (Wildman–Crippen LogP) is 0.625. The summed E-state index contributed by atoms with van der Waals surface area (Å²) < 4.78 is 29.6. The van der Waals surface area contributed by atoms with Gasteiger partial charge >= 0.3 is 0 Å². The smallest absolute Gasteiger partial charge is 0.263 e. The van der Waals surface area contributed by atoms with E-state index < -0.39 is 10.0 Å². The molecule has 0 fully saturated rings. The minimum atomic E-state index is -3.66. The molecule has 2 aromatic rings. The van der Waals surface area contributed by atoms with Gasteiger partial charge in [0.1, 0.15) is 0 Å². The summed E-state index contributed by atoms with van der Waals surface area (Å²) in [5.74, 6) is 0. The van der Waals surface area contributed by atoms with Gasteiger partial charge in [0.15, 0.2) is 0 Å². The van der Waals surface area contributed by atoms with Crippen molar-refractivity contribution in [3.63, 3.8) is 0 Å². The number of rotatable bonds is 3. The van der Waals surface area contributed by atoms with Gasteiger partial charge < -0.3 is 5.73 Å². The molecular formula is C8H9N5O2S2. The molecule has 7 nitrogen and oxygen atoms in total. The number of nitrogens with one attached hydrogen (secondary N) is 1. The molecule has 0 bridgehead atoms. The van der Waals surface area contributed by atoms with Gasteiger partial charge in [0, 0.05) is 17.2 Å². The number of nitrogens with zero attached hydrogens (tertiary/aromatic N) is 3. The molecule has 0 aliphatic rings. The van der Waals surface area contributed by atoms with Gasteiger partial charge in [-0.05, 0) is 35.9 Å². The van der Waals surface area contributed by atoms with E-state index in [1.165, 1.54) is 12.1 Å². The quantitative estimate of drug-likeness (QED) is 0.792. The Morgan fingerprint density at radius 1 is 1.41 bits per heavy atom. The third-order valence-corrected chi connectivity index (χ3v) is 4.05. The molecule has 90 valence electrons. The van der Waals surface area contributed by atoms with Crippen LogP contribution < -0.4 is 10.5 Å². The molecular weight excluding hydrogens is 262 g/mol. The number of anilines is 2. The maximum absolute atomic E-state index is 11.9. The number of aromatic nitrogens is 3. The number of nitrogens with two attached hydrogens (primary N) is 1. The summed E-state index contributed by atoms with van der Waals surface area (Å²) in [5, 5.41) is 6.94. The van der Waals surface area contributed by atoms with Gasteiger partial charge in [0.2, 0.25) is 5.13 Å². The average Bonchev–Trinajstić information content (AvgIpc) is 2.73. The fourth-order valence-corrected chi connectivity index (χ4v) is 2.83. The van der Waals surface area contributed by atoms with E-state index in [-0.39, 0.29) is 10.0 Å². The highest BCUT2D eigenvalue weighted by molar-refractivity contribution is 7.93. The topological polar surface area (TPSA) is 111 Å². The first-order valence-electron chi connectivity index (χ1n) is 4.53. The van der Waals surface area contributed by atoms with Crippen LogP contribution in [0.15, 0.2) is 23.1 Å². The molecule has 3 N–H and O–H groups in total. The summed E-state index contributed by atoms with van der Waals surface area (Å²) in [6.45, 7) is 1.74. The number of hydrogen-bond acceptors (Lipinski definition) is 7. The lowest BCUT2D eigenvalue weighted by atomic mass is 10.2. The second kappa shape index (κ2) is 4.26. The Morgan fingerprint density at radius 3 is 2.76 bits per heavy atom. The van der Waals surface area contributed by atoms with Crippen LogP contribution in [-0.2, 0) is 10.0 Å². The van der Waals surface area contributed by atoms with Crippen LogP contribution >= 0.6 is 11.5 Å². The van der Waals surface area contributed by atoms with E-state index in [0.29, 0.717) is 11.3 Å². The predicted molar refractivity (Wildman–Crippen MR) is 64.1 cm³/mol. The van der Waals surface area contributed by atoms with Crippen molar-refractivity contribution in [2.45, 2.75) is 11.8 Å². The van der Waals surface area contributed by atoms with Crippen molar-refractivity contribution in [1.82, 2.24) is 14.8 Å². The Balaban J connectivity index is 2.35. The Hall–Kier alpha value is -1.74. The molecule has 0 atom stereocenters. The van der Waals surface area contributed by atoms with E-state index >= 15 is 0 Å². The fraction of sp³-hybridized carbons (Fsp3) is 0.125. The maximum atomic E-state index is 11.9. The molecule has 1 heterocycles. The average molecular weight is 271 g/mol. The summed E-state index contributed by atoms with van der Waals surface area (Å²) in [5.41, 5.74) is 6.86. The summed E-state index contributed by atoms with van der Waals surface area (Å²) >= 11 is 0.865. The third-order valence-electron chi connectivity index (χ3n) is 2.07. The minimum absolute atomic E-state index is 0.124.